The molecule has 0 atom stereocenters. The molecule has 0 aliphatic heterocycles. The molecule has 1 aromatic heterocycles. The van der Waals surface area contributed by atoms with E-state index in [0.717, 1.165) is 12.1 Å². The van der Waals surface area contributed by atoms with Gasteiger partial charge in [-0.1, -0.05) is 0 Å². The minimum absolute atomic E-state index is 0.107. The van der Waals surface area contributed by atoms with E-state index in [4.69, 9.17) is 4.74 Å². The molecule has 0 saturated carbocycles. The van der Waals surface area contributed by atoms with Crippen molar-refractivity contribution in [2.75, 3.05) is 6.61 Å². The minimum Gasteiger partial charge on any atom is -0.505 e. The van der Waals surface area contributed by atoms with Gasteiger partial charge in [0.1, 0.15) is 5.75 Å². The van der Waals surface area contributed by atoms with Crippen LogP contribution in [0.5, 0.6) is 11.5 Å². The van der Waals surface area contributed by atoms with Crippen molar-refractivity contribution in [3.05, 3.63) is 23.9 Å². The molecule has 0 unspecified atom stereocenters. The molecular formula is C12H10F3NO4. The highest BCUT2D eigenvalue weighted by atomic mass is 19.4. The Labute approximate surface area is 110 Å². The van der Waals surface area contributed by atoms with Crippen LogP contribution in [0.4, 0.5) is 13.2 Å². The van der Waals surface area contributed by atoms with E-state index in [2.05, 4.69) is 9.72 Å². The number of hydrogen-bond acceptors (Lipinski definition) is 4. The number of hydrogen-bond donors (Lipinski definition) is 2. The quantitative estimate of drug-likeness (QED) is 0.852. The maximum absolute atomic E-state index is 12.1. The van der Waals surface area contributed by atoms with Crippen LogP contribution in [0.3, 0.4) is 0 Å². The molecule has 2 N–H and O–H groups in total. The first-order valence-electron chi connectivity index (χ1n) is 5.59. The van der Waals surface area contributed by atoms with E-state index in [0.29, 0.717) is 0 Å². The van der Waals surface area contributed by atoms with Crippen LogP contribution in [0, 0.1) is 0 Å². The third kappa shape index (κ3) is 2.79. The van der Waals surface area contributed by atoms with Gasteiger partial charge in [0, 0.05) is 11.5 Å². The van der Waals surface area contributed by atoms with Gasteiger partial charge >= 0.3 is 12.3 Å². The van der Waals surface area contributed by atoms with Crippen LogP contribution in [0.15, 0.2) is 18.2 Å². The highest BCUT2D eigenvalue weighted by Gasteiger charge is 2.31. The number of alkyl halides is 3. The summed E-state index contributed by atoms with van der Waals surface area (Å²) >= 11 is 0. The van der Waals surface area contributed by atoms with Gasteiger partial charge < -0.3 is 19.6 Å². The van der Waals surface area contributed by atoms with E-state index in [-0.39, 0.29) is 29.0 Å². The van der Waals surface area contributed by atoms with Crippen LogP contribution < -0.4 is 4.74 Å². The lowest BCUT2D eigenvalue weighted by Crippen LogP contribution is -2.16. The summed E-state index contributed by atoms with van der Waals surface area (Å²) in [4.78, 5) is 14.0. The fourth-order valence-corrected chi connectivity index (χ4v) is 1.71. The molecule has 0 aliphatic carbocycles. The summed E-state index contributed by atoms with van der Waals surface area (Å²) in [6, 6.07) is 3.29. The van der Waals surface area contributed by atoms with E-state index >= 15 is 0 Å². The molecule has 0 amide bonds. The molecule has 1 heterocycles. The summed E-state index contributed by atoms with van der Waals surface area (Å²) in [7, 11) is 0. The number of carbonyl (C=O) groups is 1. The van der Waals surface area contributed by atoms with Crippen molar-refractivity contribution in [1.29, 1.82) is 0 Å². The lowest BCUT2D eigenvalue weighted by atomic mass is 10.2. The first kappa shape index (κ1) is 14.0. The van der Waals surface area contributed by atoms with Gasteiger partial charge in [-0.05, 0) is 19.1 Å². The second-order valence-corrected chi connectivity index (χ2v) is 3.82. The second kappa shape index (κ2) is 4.95. The van der Waals surface area contributed by atoms with Crippen LogP contribution in [-0.4, -0.2) is 29.0 Å². The lowest BCUT2D eigenvalue weighted by molar-refractivity contribution is -0.274. The Hall–Kier alpha value is -2.38. The molecular weight excluding hydrogens is 279 g/mol. The smallest absolute Gasteiger partial charge is 0.505 e. The number of H-pyrrole nitrogens is 1. The van der Waals surface area contributed by atoms with Gasteiger partial charge in [-0.2, -0.15) is 0 Å². The lowest BCUT2D eigenvalue weighted by Gasteiger charge is -2.08. The summed E-state index contributed by atoms with van der Waals surface area (Å²) in [5.41, 5.74) is -0.0849. The second-order valence-electron chi connectivity index (χ2n) is 3.82. The minimum atomic E-state index is -4.81. The van der Waals surface area contributed by atoms with Gasteiger partial charge in [0.15, 0.2) is 11.4 Å². The molecule has 108 valence electrons. The summed E-state index contributed by atoms with van der Waals surface area (Å²) in [5.74, 6) is -1.63. The van der Waals surface area contributed by atoms with E-state index in [1.165, 1.54) is 6.07 Å². The summed E-state index contributed by atoms with van der Waals surface area (Å²) < 4.78 is 44.8. The van der Waals surface area contributed by atoms with Gasteiger partial charge in [0.05, 0.1) is 12.1 Å². The number of carbonyl (C=O) groups excluding carboxylic acids is 1. The van der Waals surface area contributed by atoms with Crippen molar-refractivity contribution in [3.63, 3.8) is 0 Å². The molecule has 0 saturated heterocycles. The van der Waals surface area contributed by atoms with Crippen molar-refractivity contribution in [1.82, 2.24) is 4.98 Å². The Balaban J connectivity index is 2.41. The average molecular weight is 289 g/mol. The Morgan fingerprint density at radius 2 is 2.10 bits per heavy atom. The average Bonchev–Trinajstić information content (AvgIpc) is 2.65. The number of nitrogens with one attached hydrogen (secondary N) is 1. The molecule has 0 fully saturated rings. The van der Waals surface area contributed by atoms with Crippen LogP contribution in [-0.2, 0) is 4.74 Å². The molecule has 1 aromatic carbocycles. The normalized spacial score (nSPS) is 11.6. The summed E-state index contributed by atoms with van der Waals surface area (Å²) in [6.45, 7) is 1.70. The third-order valence-electron chi connectivity index (χ3n) is 2.46. The van der Waals surface area contributed by atoms with E-state index in [1.807, 2.05) is 0 Å². The molecule has 0 bridgehead atoms. The molecule has 0 spiro atoms. The number of benzene rings is 1. The predicted octanol–water partition coefficient (Wildman–Crippen LogP) is 2.95. The van der Waals surface area contributed by atoms with Crippen LogP contribution in [0.25, 0.3) is 10.9 Å². The van der Waals surface area contributed by atoms with Gasteiger partial charge in [-0.25, -0.2) is 4.79 Å². The highest BCUT2D eigenvalue weighted by Crippen LogP contribution is 2.33. The number of aromatic nitrogens is 1. The number of ether oxygens (including phenoxy) is 2. The number of aromatic amines is 1. The summed E-state index contributed by atoms with van der Waals surface area (Å²) in [5, 5.41) is 10.0. The zero-order valence-electron chi connectivity index (χ0n) is 10.2. The van der Waals surface area contributed by atoms with Crippen molar-refractivity contribution < 1.29 is 32.5 Å². The van der Waals surface area contributed by atoms with Crippen molar-refractivity contribution >= 4 is 16.9 Å². The molecule has 0 aliphatic rings. The monoisotopic (exact) mass is 289 g/mol. The molecule has 2 rings (SSSR count). The zero-order chi connectivity index (χ0) is 14.9. The zero-order valence-corrected chi connectivity index (χ0v) is 10.2. The topological polar surface area (TPSA) is 71.6 Å². The highest BCUT2D eigenvalue weighted by molar-refractivity contribution is 6.00. The SMILES string of the molecule is CCOC(=O)c1[nH]c2cc(OC(F)(F)F)ccc2c1O. The van der Waals surface area contributed by atoms with Gasteiger partial charge in [-0.3, -0.25) is 0 Å². The number of fused-ring (bicyclic) bond motifs is 1. The predicted molar refractivity (Wildman–Crippen MR) is 62.6 cm³/mol. The standard InChI is InChI=1S/C12H10F3NO4/c1-2-19-11(18)9-10(17)7-4-3-6(5-8(7)16-9)20-12(13,14)15/h3-5,16-17H,2H2,1H3. The molecule has 20 heavy (non-hydrogen) atoms. The van der Waals surface area contributed by atoms with Crippen LogP contribution in [0.2, 0.25) is 0 Å². The number of aromatic hydroxyl groups is 1. The molecule has 8 heteroatoms. The van der Waals surface area contributed by atoms with Crippen molar-refractivity contribution in [3.8, 4) is 11.5 Å². The van der Waals surface area contributed by atoms with Gasteiger partial charge in [-0.15, -0.1) is 13.2 Å². The Morgan fingerprint density at radius 1 is 1.40 bits per heavy atom. The largest absolute Gasteiger partial charge is 0.573 e. The van der Waals surface area contributed by atoms with E-state index < -0.39 is 18.1 Å². The van der Waals surface area contributed by atoms with Crippen molar-refractivity contribution in [2.24, 2.45) is 0 Å². The maximum atomic E-state index is 12.1. The molecule has 5 nitrogen and oxygen atoms in total. The summed E-state index contributed by atoms with van der Waals surface area (Å²) in [6.07, 6.45) is -4.81. The first-order chi connectivity index (χ1) is 9.31. The Kier molecular flexibility index (Phi) is 3.47. The van der Waals surface area contributed by atoms with Crippen LogP contribution >= 0.6 is 0 Å². The van der Waals surface area contributed by atoms with Crippen molar-refractivity contribution in [2.45, 2.75) is 13.3 Å². The van der Waals surface area contributed by atoms with E-state index in [9.17, 15) is 23.1 Å². The number of halogens is 3. The number of esters is 1. The Morgan fingerprint density at radius 3 is 2.70 bits per heavy atom. The maximum Gasteiger partial charge on any atom is 0.573 e. The fraction of sp³-hybridized carbons (Fsp3) is 0.250. The fourth-order valence-electron chi connectivity index (χ4n) is 1.71. The van der Waals surface area contributed by atoms with Crippen LogP contribution in [0.1, 0.15) is 17.4 Å². The van der Waals surface area contributed by atoms with Gasteiger partial charge in [0.2, 0.25) is 0 Å². The van der Waals surface area contributed by atoms with E-state index in [1.54, 1.807) is 6.92 Å². The first-order valence-corrected chi connectivity index (χ1v) is 5.59. The van der Waals surface area contributed by atoms with Gasteiger partial charge in [0.25, 0.3) is 0 Å². The molecule has 2 aromatic rings. The number of rotatable bonds is 3. The Bertz CT molecular complexity index is 648. The molecule has 0 radical (unpaired) electrons. The third-order valence-corrected chi connectivity index (χ3v) is 2.46.